The molecule has 0 fully saturated rings. The monoisotopic (exact) mass is 1320 g/mol. The molecule has 0 spiro atoms. The minimum Gasteiger partial charge on any atom is -0.462 e. The van der Waals surface area contributed by atoms with E-state index in [4.69, 9.17) is 37.0 Å². The molecular formula is C71H138O17P2. The standard InChI is InChI=1S/C71H138O17P2/c1-7-9-11-13-15-28-37-43-49-55-70(75)87-66(59-81-68(73)53-47-41-35-16-14-12-10-8-2)61-85-89(77,78)83-57-65(72)58-84-90(79,80)86-62-67(60-82-69(74)54-48-42-36-31-26-23-22-25-30-34-40-46-52-64(5)6)88-71(76)56-50-44-38-32-27-21-19-17-18-20-24-29-33-39-45-51-63(3)4/h63-67,72H,7-62H2,1-6H3,(H,77,78)(H,79,80)/t65-,66+,67+/m0/s1. The molecule has 90 heavy (non-hydrogen) atoms. The normalized spacial score (nSPS) is 14.1. The Labute approximate surface area is 549 Å². The molecule has 5 atom stereocenters. The first-order valence-corrected chi connectivity index (χ1v) is 40.0. The van der Waals surface area contributed by atoms with Crippen LogP contribution in [-0.4, -0.2) is 96.7 Å². The zero-order valence-corrected chi connectivity index (χ0v) is 60.2. The van der Waals surface area contributed by atoms with E-state index in [2.05, 4.69) is 41.5 Å². The largest absolute Gasteiger partial charge is 0.472 e. The highest BCUT2D eigenvalue weighted by Gasteiger charge is 2.30. The van der Waals surface area contributed by atoms with Gasteiger partial charge in [0.05, 0.1) is 26.4 Å². The Balaban J connectivity index is 5.19. The molecule has 0 saturated carbocycles. The van der Waals surface area contributed by atoms with Crippen molar-refractivity contribution in [1.82, 2.24) is 0 Å². The van der Waals surface area contributed by atoms with E-state index in [1.807, 2.05) is 0 Å². The number of unbranched alkanes of at least 4 members (excludes halogenated alkanes) is 40. The average molecular weight is 1330 g/mol. The van der Waals surface area contributed by atoms with E-state index >= 15 is 0 Å². The highest BCUT2D eigenvalue weighted by atomic mass is 31.2. The summed E-state index contributed by atoms with van der Waals surface area (Å²) in [4.78, 5) is 72.4. The lowest BCUT2D eigenvalue weighted by Crippen LogP contribution is -2.30. The first kappa shape index (κ1) is 88.1. The molecule has 0 amide bonds. The van der Waals surface area contributed by atoms with Crippen molar-refractivity contribution in [3.05, 3.63) is 0 Å². The van der Waals surface area contributed by atoms with E-state index in [1.54, 1.807) is 0 Å². The van der Waals surface area contributed by atoms with E-state index < -0.39 is 97.5 Å². The van der Waals surface area contributed by atoms with Crippen molar-refractivity contribution in [1.29, 1.82) is 0 Å². The predicted octanol–water partition coefficient (Wildman–Crippen LogP) is 20.4. The summed E-state index contributed by atoms with van der Waals surface area (Å²) in [5.41, 5.74) is 0. The smallest absolute Gasteiger partial charge is 0.462 e. The van der Waals surface area contributed by atoms with Gasteiger partial charge < -0.3 is 33.8 Å². The fourth-order valence-corrected chi connectivity index (χ4v) is 12.3. The molecule has 0 saturated heterocycles. The third kappa shape index (κ3) is 64.8. The zero-order valence-electron chi connectivity index (χ0n) is 58.4. The van der Waals surface area contributed by atoms with Crippen LogP contribution in [0.15, 0.2) is 0 Å². The van der Waals surface area contributed by atoms with Crippen LogP contribution < -0.4 is 0 Å². The summed E-state index contributed by atoms with van der Waals surface area (Å²) in [6.07, 6.45) is 48.6. The lowest BCUT2D eigenvalue weighted by molar-refractivity contribution is -0.161. The molecule has 0 aliphatic heterocycles. The quantitative estimate of drug-likeness (QED) is 0.0222. The highest BCUT2D eigenvalue weighted by Crippen LogP contribution is 2.45. The fraction of sp³-hybridized carbons (Fsp3) is 0.944. The Kier molecular flexibility index (Phi) is 61.8. The SMILES string of the molecule is CCCCCCCCCCCC(=O)O[C@H](COC(=O)CCCCCCCCCC)COP(=O)(O)OC[C@H](O)COP(=O)(O)OC[C@@H](COC(=O)CCCCCCCCCCCCCCC(C)C)OC(=O)CCCCCCCCCCCCCCCCCC(C)C. The third-order valence-electron chi connectivity index (χ3n) is 16.5. The van der Waals surface area contributed by atoms with Gasteiger partial charge in [-0.05, 0) is 37.5 Å². The number of phosphoric ester groups is 2. The number of ether oxygens (including phenoxy) is 4. The van der Waals surface area contributed by atoms with Gasteiger partial charge in [0.15, 0.2) is 12.2 Å². The molecule has 0 bridgehead atoms. The summed E-state index contributed by atoms with van der Waals surface area (Å²) in [5.74, 6) is -0.541. The van der Waals surface area contributed by atoms with Crippen LogP contribution in [0.1, 0.15) is 363 Å². The first-order chi connectivity index (χ1) is 43.4. The van der Waals surface area contributed by atoms with E-state index in [9.17, 15) is 43.2 Å². The van der Waals surface area contributed by atoms with Crippen molar-refractivity contribution in [2.24, 2.45) is 11.8 Å². The maximum Gasteiger partial charge on any atom is 0.472 e. The molecule has 0 heterocycles. The van der Waals surface area contributed by atoms with Crippen LogP contribution in [0.2, 0.25) is 0 Å². The highest BCUT2D eigenvalue weighted by molar-refractivity contribution is 7.47. The number of carbonyl (C=O) groups is 4. The van der Waals surface area contributed by atoms with E-state index in [1.165, 1.54) is 173 Å². The Bertz CT molecular complexity index is 1750. The zero-order chi connectivity index (χ0) is 66.5. The van der Waals surface area contributed by atoms with Crippen LogP contribution in [0, 0.1) is 11.8 Å². The lowest BCUT2D eigenvalue weighted by atomic mass is 10.0. The number of hydrogen-bond donors (Lipinski definition) is 3. The number of phosphoric acid groups is 2. The van der Waals surface area contributed by atoms with Gasteiger partial charge in [0.25, 0.3) is 0 Å². The van der Waals surface area contributed by atoms with Crippen molar-refractivity contribution in [3.8, 4) is 0 Å². The van der Waals surface area contributed by atoms with Gasteiger partial charge in [-0.1, -0.05) is 311 Å². The Morgan fingerprint density at radius 1 is 0.300 bits per heavy atom. The van der Waals surface area contributed by atoms with Gasteiger partial charge in [-0.2, -0.15) is 0 Å². The van der Waals surface area contributed by atoms with E-state index in [0.29, 0.717) is 25.7 Å². The van der Waals surface area contributed by atoms with Crippen LogP contribution in [0.25, 0.3) is 0 Å². The minimum atomic E-state index is -4.95. The number of aliphatic hydroxyl groups excluding tert-OH is 1. The summed E-state index contributed by atoms with van der Waals surface area (Å²) in [5, 5.41) is 10.6. The van der Waals surface area contributed by atoms with Crippen molar-refractivity contribution in [2.75, 3.05) is 39.6 Å². The molecule has 0 aromatic rings. The summed E-state index contributed by atoms with van der Waals surface area (Å²) in [6, 6.07) is 0. The summed E-state index contributed by atoms with van der Waals surface area (Å²) in [6.45, 7) is 9.55. The molecule has 0 rings (SSSR count). The molecule has 0 radical (unpaired) electrons. The number of carbonyl (C=O) groups excluding carboxylic acids is 4. The summed E-state index contributed by atoms with van der Waals surface area (Å²) < 4.78 is 68.2. The summed E-state index contributed by atoms with van der Waals surface area (Å²) >= 11 is 0. The second-order valence-corrected chi connectivity index (χ2v) is 29.5. The molecule has 0 aliphatic rings. The van der Waals surface area contributed by atoms with Gasteiger partial charge in [0.2, 0.25) is 0 Å². The van der Waals surface area contributed by atoms with Crippen molar-refractivity contribution < 1.29 is 80.2 Å². The van der Waals surface area contributed by atoms with Crippen molar-refractivity contribution in [3.63, 3.8) is 0 Å². The molecule has 17 nitrogen and oxygen atoms in total. The molecule has 0 aromatic heterocycles. The molecular weight excluding hydrogens is 1190 g/mol. The molecule has 3 N–H and O–H groups in total. The second kappa shape index (κ2) is 63.1. The van der Waals surface area contributed by atoms with Crippen LogP contribution in [0.5, 0.6) is 0 Å². The number of esters is 4. The molecule has 0 aromatic carbocycles. The first-order valence-electron chi connectivity index (χ1n) is 37.0. The van der Waals surface area contributed by atoms with E-state index in [0.717, 1.165) is 108 Å². The Hall–Kier alpha value is -1.94. The number of rotatable bonds is 70. The topological polar surface area (TPSA) is 237 Å². The number of aliphatic hydroxyl groups is 1. The predicted molar refractivity (Wildman–Crippen MR) is 363 cm³/mol. The van der Waals surface area contributed by atoms with Gasteiger partial charge in [-0.25, -0.2) is 9.13 Å². The van der Waals surface area contributed by atoms with Gasteiger partial charge in [-0.15, -0.1) is 0 Å². The van der Waals surface area contributed by atoms with E-state index in [-0.39, 0.29) is 25.7 Å². The fourth-order valence-electron chi connectivity index (χ4n) is 10.8. The van der Waals surface area contributed by atoms with Gasteiger partial charge >= 0.3 is 39.5 Å². The Morgan fingerprint density at radius 2 is 0.511 bits per heavy atom. The maximum absolute atomic E-state index is 13.0. The molecule has 19 heteroatoms. The van der Waals surface area contributed by atoms with Crippen LogP contribution >= 0.6 is 15.6 Å². The second-order valence-electron chi connectivity index (χ2n) is 26.6. The molecule has 0 aliphatic carbocycles. The van der Waals surface area contributed by atoms with Gasteiger partial charge in [0.1, 0.15) is 19.3 Å². The van der Waals surface area contributed by atoms with Gasteiger partial charge in [0, 0.05) is 25.7 Å². The molecule has 534 valence electrons. The van der Waals surface area contributed by atoms with Crippen molar-refractivity contribution >= 4 is 39.5 Å². The van der Waals surface area contributed by atoms with Crippen LogP contribution in [0.3, 0.4) is 0 Å². The van der Waals surface area contributed by atoms with Gasteiger partial charge in [-0.3, -0.25) is 37.3 Å². The Morgan fingerprint density at radius 3 is 0.756 bits per heavy atom. The third-order valence-corrected chi connectivity index (χ3v) is 18.4. The average Bonchev–Trinajstić information content (AvgIpc) is 3.63. The lowest BCUT2D eigenvalue weighted by Gasteiger charge is -2.21. The summed E-state index contributed by atoms with van der Waals surface area (Å²) in [7, 11) is -9.89. The van der Waals surface area contributed by atoms with Crippen LogP contribution in [-0.2, 0) is 65.4 Å². The number of hydrogen-bond acceptors (Lipinski definition) is 15. The maximum atomic E-state index is 13.0. The minimum absolute atomic E-state index is 0.106. The van der Waals surface area contributed by atoms with Crippen LogP contribution in [0.4, 0.5) is 0 Å². The molecule has 2 unspecified atom stereocenters. The van der Waals surface area contributed by atoms with Crippen molar-refractivity contribution in [2.45, 2.75) is 381 Å².